The van der Waals surface area contributed by atoms with Crippen LogP contribution in [0, 0.1) is 17.1 Å². The SMILES string of the molecule is CNC1CC2CCC(C1)N2c1cccc(F)c1C#N. The summed E-state index contributed by atoms with van der Waals surface area (Å²) in [4.78, 5) is 2.29. The van der Waals surface area contributed by atoms with Gasteiger partial charge in [0.15, 0.2) is 0 Å². The van der Waals surface area contributed by atoms with Gasteiger partial charge in [0.25, 0.3) is 0 Å². The summed E-state index contributed by atoms with van der Waals surface area (Å²) >= 11 is 0. The van der Waals surface area contributed by atoms with E-state index in [9.17, 15) is 9.65 Å². The molecular weight excluding hydrogens is 241 g/mol. The predicted molar refractivity (Wildman–Crippen MR) is 72.5 cm³/mol. The van der Waals surface area contributed by atoms with E-state index in [0.717, 1.165) is 31.4 Å². The van der Waals surface area contributed by atoms with Crippen LogP contribution in [0.3, 0.4) is 0 Å². The largest absolute Gasteiger partial charge is 0.364 e. The molecule has 2 unspecified atom stereocenters. The van der Waals surface area contributed by atoms with Crippen LogP contribution in [0.4, 0.5) is 10.1 Å². The summed E-state index contributed by atoms with van der Waals surface area (Å²) < 4.78 is 13.8. The van der Waals surface area contributed by atoms with Gasteiger partial charge in [-0.1, -0.05) is 6.07 Å². The van der Waals surface area contributed by atoms with Crippen molar-refractivity contribution in [3.8, 4) is 6.07 Å². The molecule has 2 aliphatic heterocycles. The lowest BCUT2D eigenvalue weighted by Gasteiger charge is -2.41. The van der Waals surface area contributed by atoms with Gasteiger partial charge in [0.2, 0.25) is 0 Å². The molecule has 3 nitrogen and oxygen atoms in total. The first kappa shape index (κ1) is 12.4. The molecule has 19 heavy (non-hydrogen) atoms. The lowest BCUT2D eigenvalue weighted by molar-refractivity contribution is 0.373. The maximum absolute atomic E-state index is 13.8. The van der Waals surface area contributed by atoms with Gasteiger partial charge in [-0.2, -0.15) is 5.26 Å². The highest BCUT2D eigenvalue weighted by molar-refractivity contribution is 5.62. The molecular formula is C15H18FN3. The number of piperidine rings is 1. The highest BCUT2D eigenvalue weighted by Crippen LogP contribution is 2.40. The quantitative estimate of drug-likeness (QED) is 0.886. The van der Waals surface area contributed by atoms with Crippen molar-refractivity contribution >= 4 is 5.69 Å². The summed E-state index contributed by atoms with van der Waals surface area (Å²) in [6.45, 7) is 0. The standard InChI is InChI=1S/C15H18FN3/c1-18-10-7-11-5-6-12(8-10)19(11)15-4-2-3-14(16)13(15)9-17/h2-4,10-12,18H,5-8H2,1H3. The van der Waals surface area contributed by atoms with E-state index in [0.29, 0.717) is 18.1 Å². The smallest absolute Gasteiger partial charge is 0.143 e. The fourth-order valence-electron chi connectivity index (χ4n) is 3.64. The molecule has 2 atom stereocenters. The van der Waals surface area contributed by atoms with Gasteiger partial charge in [0.05, 0.1) is 5.69 Å². The summed E-state index contributed by atoms with van der Waals surface area (Å²) in [6.07, 6.45) is 4.44. The van der Waals surface area contributed by atoms with Crippen LogP contribution in [0.25, 0.3) is 0 Å². The highest BCUT2D eigenvalue weighted by Gasteiger charge is 2.41. The van der Waals surface area contributed by atoms with Gasteiger partial charge in [0, 0.05) is 18.1 Å². The molecule has 100 valence electrons. The summed E-state index contributed by atoms with van der Waals surface area (Å²) in [5.41, 5.74) is 0.979. The van der Waals surface area contributed by atoms with Gasteiger partial charge in [0.1, 0.15) is 17.4 Å². The predicted octanol–water partition coefficient (Wildman–Crippen LogP) is 2.42. The second kappa shape index (κ2) is 4.82. The molecule has 2 fully saturated rings. The number of fused-ring (bicyclic) bond motifs is 2. The van der Waals surface area contributed by atoms with Gasteiger partial charge < -0.3 is 10.2 Å². The highest BCUT2D eigenvalue weighted by atomic mass is 19.1. The molecule has 0 radical (unpaired) electrons. The van der Waals surface area contributed by atoms with Crippen molar-refractivity contribution in [3.05, 3.63) is 29.6 Å². The van der Waals surface area contributed by atoms with Crippen LogP contribution < -0.4 is 10.2 Å². The van der Waals surface area contributed by atoms with Crippen LogP contribution in [-0.4, -0.2) is 25.2 Å². The minimum Gasteiger partial charge on any atom is -0.364 e. The van der Waals surface area contributed by atoms with Crippen molar-refractivity contribution in [2.75, 3.05) is 11.9 Å². The number of anilines is 1. The van der Waals surface area contributed by atoms with Crippen LogP contribution in [0.15, 0.2) is 18.2 Å². The number of nitrogens with one attached hydrogen (secondary N) is 1. The lowest BCUT2D eigenvalue weighted by Crippen LogP contribution is -2.48. The molecule has 2 heterocycles. The van der Waals surface area contributed by atoms with Gasteiger partial charge in [-0.15, -0.1) is 0 Å². The van der Waals surface area contributed by atoms with Crippen LogP contribution >= 0.6 is 0 Å². The van der Waals surface area contributed by atoms with Crippen molar-refractivity contribution in [1.82, 2.24) is 5.32 Å². The maximum Gasteiger partial charge on any atom is 0.143 e. The van der Waals surface area contributed by atoms with Gasteiger partial charge >= 0.3 is 0 Å². The van der Waals surface area contributed by atoms with E-state index in [2.05, 4.69) is 10.2 Å². The summed E-state index contributed by atoms with van der Waals surface area (Å²) in [5.74, 6) is -0.407. The zero-order valence-electron chi connectivity index (χ0n) is 11.1. The zero-order valence-corrected chi connectivity index (χ0v) is 11.1. The molecule has 0 saturated carbocycles. The third kappa shape index (κ3) is 1.98. The molecule has 1 aromatic rings. The number of benzene rings is 1. The number of rotatable bonds is 2. The van der Waals surface area contributed by atoms with Crippen LogP contribution in [-0.2, 0) is 0 Å². The summed E-state index contributed by atoms with van der Waals surface area (Å²) in [6, 6.07) is 8.39. The Hall–Kier alpha value is -1.60. The number of nitriles is 1. The fourth-order valence-corrected chi connectivity index (χ4v) is 3.64. The Morgan fingerprint density at radius 2 is 2.00 bits per heavy atom. The van der Waals surface area contributed by atoms with Crippen LogP contribution in [0.1, 0.15) is 31.2 Å². The van der Waals surface area contributed by atoms with E-state index in [1.165, 1.54) is 6.07 Å². The van der Waals surface area contributed by atoms with Crippen molar-refractivity contribution in [3.63, 3.8) is 0 Å². The molecule has 1 N–H and O–H groups in total. The average Bonchev–Trinajstić information content (AvgIpc) is 2.68. The molecule has 4 heteroatoms. The van der Waals surface area contributed by atoms with Crippen molar-refractivity contribution in [2.24, 2.45) is 0 Å². The number of halogens is 1. The molecule has 0 amide bonds. The fraction of sp³-hybridized carbons (Fsp3) is 0.533. The Morgan fingerprint density at radius 3 is 2.58 bits per heavy atom. The molecule has 3 rings (SSSR count). The van der Waals surface area contributed by atoms with Gasteiger partial charge in [-0.05, 0) is 44.9 Å². The van der Waals surface area contributed by atoms with Crippen molar-refractivity contribution < 1.29 is 4.39 Å². The first-order valence-corrected chi connectivity index (χ1v) is 6.88. The van der Waals surface area contributed by atoms with E-state index in [4.69, 9.17) is 0 Å². The second-order valence-corrected chi connectivity index (χ2v) is 5.50. The zero-order chi connectivity index (χ0) is 13.4. The Balaban J connectivity index is 1.97. The Kier molecular flexibility index (Phi) is 3.16. The minimum absolute atomic E-state index is 0.197. The Morgan fingerprint density at radius 1 is 1.32 bits per heavy atom. The first-order chi connectivity index (χ1) is 9.24. The van der Waals surface area contributed by atoms with E-state index < -0.39 is 5.82 Å². The maximum atomic E-state index is 13.8. The number of nitrogens with zero attached hydrogens (tertiary/aromatic N) is 2. The molecule has 2 aliphatic rings. The minimum atomic E-state index is -0.407. The molecule has 1 aromatic carbocycles. The molecule has 0 aliphatic carbocycles. The second-order valence-electron chi connectivity index (χ2n) is 5.50. The van der Waals surface area contributed by atoms with Gasteiger partial charge in [-0.25, -0.2) is 4.39 Å². The van der Waals surface area contributed by atoms with E-state index in [1.54, 1.807) is 6.07 Å². The van der Waals surface area contributed by atoms with Crippen molar-refractivity contribution in [1.29, 1.82) is 5.26 Å². The van der Waals surface area contributed by atoms with Crippen molar-refractivity contribution in [2.45, 2.75) is 43.8 Å². The van der Waals surface area contributed by atoms with E-state index in [1.807, 2.05) is 19.2 Å². The third-order valence-corrected chi connectivity index (χ3v) is 4.52. The average molecular weight is 259 g/mol. The Labute approximate surface area is 113 Å². The molecule has 2 saturated heterocycles. The Bertz CT molecular complexity index is 509. The van der Waals surface area contributed by atoms with Crippen LogP contribution in [0.5, 0.6) is 0 Å². The monoisotopic (exact) mass is 259 g/mol. The first-order valence-electron chi connectivity index (χ1n) is 6.88. The molecule has 0 spiro atoms. The van der Waals surface area contributed by atoms with E-state index in [-0.39, 0.29) is 5.56 Å². The topological polar surface area (TPSA) is 39.1 Å². The lowest BCUT2D eigenvalue weighted by atomic mass is 9.96. The molecule has 2 bridgehead atoms. The van der Waals surface area contributed by atoms with Crippen LogP contribution in [0.2, 0.25) is 0 Å². The third-order valence-electron chi connectivity index (χ3n) is 4.52. The van der Waals surface area contributed by atoms with E-state index >= 15 is 0 Å². The summed E-state index contributed by atoms with van der Waals surface area (Å²) in [7, 11) is 2.00. The number of hydrogen-bond donors (Lipinski definition) is 1. The summed E-state index contributed by atoms with van der Waals surface area (Å²) in [5, 5.41) is 12.5. The van der Waals surface area contributed by atoms with Gasteiger partial charge in [-0.3, -0.25) is 0 Å². The number of hydrogen-bond acceptors (Lipinski definition) is 3. The normalized spacial score (nSPS) is 29.3. The molecule has 0 aromatic heterocycles.